The highest BCUT2D eigenvalue weighted by Crippen LogP contribution is 2.37. The quantitative estimate of drug-likeness (QED) is 0.322. The third-order valence-electron chi connectivity index (χ3n) is 7.49. The van der Waals surface area contributed by atoms with E-state index in [1.165, 1.54) is 0 Å². The van der Waals surface area contributed by atoms with Gasteiger partial charge in [0.05, 0.1) is 26.5 Å². The molecule has 0 unspecified atom stereocenters. The Labute approximate surface area is 233 Å². The fourth-order valence-corrected chi connectivity index (χ4v) is 5.54. The molecule has 0 N–H and O–H groups in total. The fourth-order valence-electron chi connectivity index (χ4n) is 5.54. The zero-order valence-corrected chi connectivity index (χ0v) is 23.3. The van der Waals surface area contributed by atoms with Crippen LogP contribution in [-0.2, 0) is 20.1 Å². The van der Waals surface area contributed by atoms with Crippen molar-refractivity contribution in [2.24, 2.45) is 7.05 Å². The van der Waals surface area contributed by atoms with E-state index in [0.29, 0.717) is 41.8 Å². The van der Waals surface area contributed by atoms with E-state index in [4.69, 9.17) is 23.9 Å². The van der Waals surface area contributed by atoms with Crippen LogP contribution < -0.4 is 23.8 Å². The molecule has 0 radical (unpaired) electrons. The van der Waals surface area contributed by atoms with Crippen LogP contribution in [-0.4, -0.2) is 59.7 Å². The van der Waals surface area contributed by atoms with Crippen LogP contribution in [0.4, 0.5) is 5.82 Å². The lowest BCUT2D eigenvalue weighted by Gasteiger charge is -2.27. The smallest absolute Gasteiger partial charge is 0.272 e. The van der Waals surface area contributed by atoms with E-state index in [2.05, 4.69) is 16.1 Å². The summed E-state index contributed by atoms with van der Waals surface area (Å²) in [5, 5.41) is 5.26. The number of hydrogen-bond donors (Lipinski definition) is 0. The summed E-state index contributed by atoms with van der Waals surface area (Å²) in [5.74, 6) is 3.52. The lowest BCUT2D eigenvalue weighted by molar-refractivity contribution is 0.0718. The molecule has 0 spiro atoms. The van der Waals surface area contributed by atoms with Gasteiger partial charge in [-0.2, -0.15) is 5.10 Å². The molecule has 1 amide bonds. The number of rotatable bonds is 8. The molecule has 40 heavy (non-hydrogen) atoms. The second kappa shape index (κ2) is 10.6. The van der Waals surface area contributed by atoms with Gasteiger partial charge in [-0.15, -0.1) is 0 Å². The van der Waals surface area contributed by atoms with Crippen molar-refractivity contribution in [1.82, 2.24) is 19.7 Å². The molecular formula is C30H33N5O5. The van der Waals surface area contributed by atoms with Crippen molar-refractivity contribution in [3.63, 3.8) is 0 Å². The Kier molecular flexibility index (Phi) is 6.83. The topological polar surface area (TPSA) is 91.2 Å². The molecule has 2 aromatic carbocycles. The summed E-state index contributed by atoms with van der Waals surface area (Å²) >= 11 is 0. The number of methoxy groups -OCH3 is 2. The van der Waals surface area contributed by atoms with Crippen molar-refractivity contribution in [3.8, 4) is 23.0 Å². The van der Waals surface area contributed by atoms with Gasteiger partial charge in [0.2, 0.25) is 6.79 Å². The number of nitrogens with zero attached hydrogens (tertiary/aromatic N) is 5. The van der Waals surface area contributed by atoms with Gasteiger partial charge in [-0.05, 0) is 61.7 Å². The number of fused-ring (bicyclic) bond motifs is 2. The maximum absolute atomic E-state index is 14.1. The van der Waals surface area contributed by atoms with Gasteiger partial charge in [0.15, 0.2) is 11.5 Å². The van der Waals surface area contributed by atoms with Gasteiger partial charge < -0.3 is 28.7 Å². The average molecular weight is 544 g/mol. The third-order valence-corrected chi connectivity index (χ3v) is 7.49. The molecule has 10 heteroatoms. The number of amides is 1. The Bertz CT molecular complexity index is 1580. The first-order chi connectivity index (χ1) is 19.4. The molecule has 2 aliphatic rings. The van der Waals surface area contributed by atoms with E-state index >= 15 is 0 Å². The minimum atomic E-state index is -0.120. The van der Waals surface area contributed by atoms with Crippen LogP contribution in [0.25, 0.3) is 10.9 Å². The first kappa shape index (κ1) is 25.8. The summed E-state index contributed by atoms with van der Waals surface area (Å²) in [5.41, 5.74) is 3.93. The van der Waals surface area contributed by atoms with E-state index in [0.717, 1.165) is 59.5 Å². The van der Waals surface area contributed by atoms with Gasteiger partial charge >= 0.3 is 0 Å². The van der Waals surface area contributed by atoms with Crippen LogP contribution >= 0.6 is 0 Å². The van der Waals surface area contributed by atoms with E-state index in [9.17, 15) is 4.79 Å². The van der Waals surface area contributed by atoms with Crippen LogP contribution in [0.2, 0.25) is 0 Å². The molecule has 1 fully saturated rings. The first-order valence-electron chi connectivity index (χ1n) is 13.4. The van der Waals surface area contributed by atoms with Crippen molar-refractivity contribution in [1.29, 1.82) is 0 Å². The molecule has 1 saturated heterocycles. The van der Waals surface area contributed by atoms with Crippen LogP contribution in [0.3, 0.4) is 0 Å². The van der Waals surface area contributed by atoms with Crippen LogP contribution in [0.15, 0.2) is 42.5 Å². The summed E-state index contributed by atoms with van der Waals surface area (Å²) in [6.07, 6.45) is 2.20. The maximum Gasteiger partial charge on any atom is 0.272 e. The number of carbonyl (C=O) groups is 1. The number of aromatic nitrogens is 3. The number of pyridine rings is 1. The Hall–Kier alpha value is -4.47. The SMILES string of the molecule is COc1ccc(OC)c2nc(N3CCCC3)c(CN(Cc3ccc4c(c3)OCO4)C(=O)c3cc(C)nn3C)cc12. The molecule has 2 aliphatic heterocycles. The lowest BCUT2D eigenvalue weighted by atomic mass is 10.1. The van der Waals surface area contributed by atoms with Gasteiger partial charge in [-0.1, -0.05) is 6.07 Å². The molecule has 4 heterocycles. The first-order valence-corrected chi connectivity index (χ1v) is 13.4. The monoisotopic (exact) mass is 543 g/mol. The molecular weight excluding hydrogens is 510 g/mol. The number of benzene rings is 2. The van der Waals surface area contributed by atoms with E-state index in [-0.39, 0.29) is 12.7 Å². The van der Waals surface area contributed by atoms with E-state index < -0.39 is 0 Å². The number of hydrogen-bond acceptors (Lipinski definition) is 8. The van der Waals surface area contributed by atoms with Crippen molar-refractivity contribution in [2.45, 2.75) is 32.9 Å². The third kappa shape index (κ3) is 4.74. The molecule has 6 rings (SSSR count). The van der Waals surface area contributed by atoms with Crippen molar-refractivity contribution < 1.29 is 23.7 Å². The van der Waals surface area contributed by atoms with E-state index in [1.807, 2.05) is 48.2 Å². The molecule has 10 nitrogen and oxygen atoms in total. The lowest BCUT2D eigenvalue weighted by Crippen LogP contribution is -2.32. The standard InChI is InChI=1S/C30H33N5O5/c1-19-13-23(33(2)32-19)30(36)35(16-20-7-8-25-27(14-20)40-18-39-25)17-21-15-22-24(37-3)9-10-26(38-4)28(22)31-29(21)34-11-5-6-12-34/h7-10,13-15H,5-6,11-12,16-18H2,1-4H3. The largest absolute Gasteiger partial charge is 0.496 e. The Morgan fingerprint density at radius 2 is 1.73 bits per heavy atom. The Morgan fingerprint density at radius 3 is 2.45 bits per heavy atom. The molecule has 0 bridgehead atoms. The zero-order chi connectivity index (χ0) is 27.8. The Morgan fingerprint density at radius 1 is 0.975 bits per heavy atom. The van der Waals surface area contributed by atoms with Gasteiger partial charge in [-0.3, -0.25) is 9.48 Å². The predicted octanol–water partition coefficient (Wildman–Crippen LogP) is 4.47. The second-order valence-corrected chi connectivity index (χ2v) is 10.2. The van der Waals surface area contributed by atoms with Crippen LogP contribution in [0, 0.1) is 6.92 Å². The number of aryl methyl sites for hydroxylation is 2. The van der Waals surface area contributed by atoms with Crippen LogP contribution in [0.5, 0.6) is 23.0 Å². The van der Waals surface area contributed by atoms with Crippen LogP contribution in [0.1, 0.15) is 40.2 Å². The molecule has 4 aromatic rings. The van der Waals surface area contributed by atoms with Crippen molar-refractivity contribution in [2.75, 3.05) is 39.0 Å². The fraction of sp³-hybridized carbons (Fsp3) is 0.367. The Balaban J connectivity index is 1.46. The highest BCUT2D eigenvalue weighted by molar-refractivity contribution is 5.94. The van der Waals surface area contributed by atoms with Gasteiger partial charge in [0, 0.05) is 37.6 Å². The highest BCUT2D eigenvalue weighted by Gasteiger charge is 2.26. The second-order valence-electron chi connectivity index (χ2n) is 10.2. The summed E-state index contributed by atoms with van der Waals surface area (Å²) in [6.45, 7) is 4.61. The maximum atomic E-state index is 14.1. The summed E-state index contributed by atoms with van der Waals surface area (Å²) in [7, 11) is 5.09. The summed E-state index contributed by atoms with van der Waals surface area (Å²) in [4.78, 5) is 23.3. The zero-order valence-electron chi connectivity index (χ0n) is 23.3. The minimum Gasteiger partial charge on any atom is -0.496 e. The van der Waals surface area contributed by atoms with E-state index in [1.54, 1.807) is 25.9 Å². The number of ether oxygens (including phenoxy) is 4. The summed E-state index contributed by atoms with van der Waals surface area (Å²) in [6, 6.07) is 13.5. The molecule has 0 atom stereocenters. The number of carbonyl (C=O) groups excluding carboxylic acids is 1. The number of anilines is 1. The average Bonchev–Trinajstić information content (AvgIpc) is 3.72. The van der Waals surface area contributed by atoms with Gasteiger partial charge in [0.1, 0.15) is 28.5 Å². The predicted molar refractivity (Wildman–Crippen MR) is 150 cm³/mol. The molecule has 208 valence electrons. The minimum absolute atomic E-state index is 0.120. The summed E-state index contributed by atoms with van der Waals surface area (Å²) < 4.78 is 24.1. The molecule has 2 aromatic heterocycles. The molecule has 0 saturated carbocycles. The van der Waals surface area contributed by atoms with Crippen molar-refractivity contribution >= 4 is 22.6 Å². The molecule has 0 aliphatic carbocycles. The highest BCUT2D eigenvalue weighted by atomic mass is 16.7. The normalized spacial score (nSPS) is 14.2. The van der Waals surface area contributed by atoms with Crippen molar-refractivity contribution in [3.05, 3.63) is 65.0 Å². The van der Waals surface area contributed by atoms with Gasteiger partial charge in [-0.25, -0.2) is 4.98 Å². The van der Waals surface area contributed by atoms with Gasteiger partial charge in [0.25, 0.3) is 5.91 Å².